The summed E-state index contributed by atoms with van der Waals surface area (Å²) < 4.78 is 45.5. The monoisotopic (exact) mass is 360 g/mol. The molecule has 2 rings (SSSR count). The minimum Gasteiger partial charge on any atom is -0.449 e. The molecule has 0 fully saturated rings. The van der Waals surface area contributed by atoms with Crippen molar-refractivity contribution in [2.24, 2.45) is 7.05 Å². The van der Waals surface area contributed by atoms with Gasteiger partial charge in [0.2, 0.25) is 0 Å². The minimum absolute atomic E-state index is 0.00766. The summed E-state index contributed by atoms with van der Waals surface area (Å²) in [5.74, 6) is -0.424. The van der Waals surface area contributed by atoms with Crippen LogP contribution in [0, 0.1) is 0 Å². The summed E-state index contributed by atoms with van der Waals surface area (Å²) in [5.41, 5.74) is 0.199. The molecule has 1 heterocycles. The third-order valence-corrected chi connectivity index (χ3v) is 2.60. The van der Waals surface area contributed by atoms with Crippen LogP contribution in [0.2, 0.25) is 0 Å². The van der Waals surface area contributed by atoms with Gasteiger partial charge < -0.3 is 24.5 Å². The van der Waals surface area contributed by atoms with Gasteiger partial charge in [0.1, 0.15) is 5.75 Å². The number of amides is 2. The molecule has 0 aliphatic heterocycles. The summed E-state index contributed by atoms with van der Waals surface area (Å²) >= 11 is 0. The van der Waals surface area contributed by atoms with Crippen molar-refractivity contribution < 1.29 is 37.3 Å². The number of aryl methyl sites for hydroxylation is 1. The molecule has 0 aliphatic rings. The van der Waals surface area contributed by atoms with Gasteiger partial charge in [-0.2, -0.15) is 4.98 Å². The van der Waals surface area contributed by atoms with Crippen LogP contribution in [0.15, 0.2) is 30.5 Å². The van der Waals surface area contributed by atoms with E-state index in [1.54, 1.807) is 0 Å². The lowest BCUT2D eigenvalue weighted by Gasteiger charge is -2.10. The number of hydrogen-bond acceptors (Lipinski definition) is 5. The molecule has 9 nitrogen and oxygen atoms in total. The summed E-state index contributed by atoms with van der Waals surface area (Å²) in [6.45, 7) is 0. The molecular formula is C13H11F3N4O5. The summed E-state index contributed by atoms with van der Waals surface area (Å²) in [5, 5.41) is 13.2. The molecular weight excluding hydrogens is 349 g/mol. The van der Waals surface area contributed by atoms with E-state index in [9.17, 15) is 22.8 Å². The lowest BCUT2D eigenvalue weighted by Crippen LogP contribution is -2.20. The van der Waals surface area contributed by atoms with Crippen LogP contribution in [-0.4, -0.2) is 33.2 Å². The molecule has 2 aromatic rings. The Hall–Kier alpha value is -3.44. The Balaban J connectivity index is 1.95. The van der Waals surface area contributed by atoms with Crippen molar-refractivity contribution in [1.29, 1.82) is 0 Å². The number of halogens is 3. The minimum atomic E-state index is -4.80. The molecule has 0 saturated heterocycles. The number of carboxylic acid groups (broad SMARTS) is 1. The number of carbonyl (C=O) groups excluding carboxylic acids is 1. The second-order valence-electron chi connectivity index (χ2n) is 4.54. The summed E-state index contributed by atoms with van der Waals surface area (Å²) in [6, 6.07) is 3.47. The van der Waals surface area contributed by atoms with Crippen molar-refractivity contribution in [3.05, 3.63) is 30.5 Å². The number of ether oxygens (including phenoxy) is 2. The zero-order chi connectivity index (χ0) is 18.6. The van der Waals surface area contributed by atoms with E-state index in [0.717, 1.165) is 12.1 Å². The Kier molecular flexibility index (Phi) is 5.00. The Labute approximate surface area is 138 Å². The van der Waals surface area contributed by atoms with Gasteiger partial charge in [-0.05, 0) is 24.3 Å². The average Bonchev–Trinajstić information content (AvgIpc) is 2.78. The Morgan fingerprint density at radius 1 is 1.20 bits per heavy atom. The van der Waals surface area contributed by atoms with Crippen molar-refractivity contribution in [2.75, 3.05) is 10.6 Å². The van der Waals surface area contributed by atoms with E-state index in [0.29, 0.717) is 0 Å². The molecule has 0 bridgehead atoms. The normalized spacial score (nSPS) is 10.9. The number of hydrogen-bond donors (Lipinski definition) is 3. The van der Waals surface area contributed by atoms with Crippen LogP contribution in [0.25, 0.3) is 0 Å². The smallest absolute Gasteiger partial charge is 0.449 e. The van der Waals surface area contributed by atoms with Crippen LogP contribution in [0.5, 0.6) is 11.8 Å². The molecule has 1 aromatic heterocycles. The van der Waals surface area contributed by atoms with Gasteiger partial charge in [-0.3, -0.25) is 5.32 Å². The van der Waals surface area contributed by atoms with Gasteiger partial charge >= 0.3 is 24.6 Å². The fraction of sp³-hybridized carbons (Fsp3) is 0.154. The second kappa shape index (κ2) is 6.98. The molecule has 0 atom stereocenters. The third kappa shape index (κ3) is 5.60. The number of urea groups is 1. The molecule has 0 aliphatic carbocycles. The van der Waals surface area contributed by atoms with E-state index in [2.05, 4.69) is 25.1 Å². The molecule has 12 heteroatoms. The summed E-state index contributed by atoms with van der Waals surface area (Å²) in [7, 11) is 1.45. The van der Waals surface area contributed by atoms with Crippen LogP contribution >= 0.6 is 0 Å². The lowest BCUT2D eigenvalue weighted by atomic mass is 10.3. The molecule has 134 valence electrons. The number of anilines is 2. The maximum absolute atomic E-state index is 12.1. The first-order chi connectivity index (χ1) is 11.6. The van der Waals surface area contributed by atoms with E-state index >= 15 is 0 Å². The largest absolute Gasteiger partial charge is 0.573 e. The van der Waals surface area contributed by atoms with E-state index in [1.165, 1.54) is 29.9 Å². The number of nitrogens with zero attached hydrogens (tertiary/aromatic N) is 2. The number of nitrogens with one attached hydrogen (secondary N) is 2. The van der Waals surface area contributed by atoms with Crippen LogP contribution in [0.4, 0.5) is 34.3 Å². The zero-order valence-electron chi connectivity index (χ0n) is 12.5. The number of alkyl halides is 3. The van der Waals surface area contributed by atoms with Gasteiger partial charge in [-0.1, -0.05) is 0 Å². The highest BCUT2D eigenvalue weighted by atomic mass is 19.4. The first-order valence-corrected chi connectivity index (χ1v) is 6.50. The number of benzene rings is 1. The predicted molar refractivity (Wildman–Crippen MR) is 77.6 cm³/mol. The van der Waals surface area contributed by atoms with Gasteiger partial charge in [0.05, 0.1) is 6.20 Å². The number of carbonyl (C=O) groups is 2. The second-order valence-corrected chi connectivity index (χ2v) is 4.54. The van der Waals surface area contributed by atoms with Crippen molar-refractivity contribution in [2.45, 2.75) is 6.36 Å². The topological polar surface area (TPSA) is 115 Å². The Morgan fingerprint density at radius 3 is 2.40 bits per heavy atom. The zero-order valence-corrected chi connectivity index (χ0v) is 12.5. The van der Waals surface area contributed by atoms with Crippen molar-refractivity contribution in [3.63, 3.8) is 0 Å². The first-order valence-electron chi connectivity index (χ1n) is 6.50. The quantitative estimate of drug-likeness (QED) is 0.722. The molecule has 25 heavy (non-hydrogen) atoms. The van der Waals surface area contributed by atoms with E-state index in [-0.39, 0.29) is 17.5 Å². The van der Waals surface area contributed by atoms with Gasteiger partial charge in [0, 0.05) is 12.7 Å². The highest BCUT2D eigenvalue weighted by Crippen LogP contribution is 2.24. The Morgan fingerprint density at radius 2 is 1.84 bits per heavy atom. The van der Waals surface area contributed by atoms with Gasteiger partial charge in [0.15, 0.2) is 5.82 Å². The fourth-order valence-electron chi connectivity index (χ4n) is 1.70. The molecule has 0 spiro atoms. The highest BCUT2D eigenvalue weighted by Gasteiger charge is 2.30. The third-order valence-electron chi connectivity index (χ3n) is 2.60. The molecule has 1 aromatic carbocycles. The van der Waals surface area contributed by atoms with Gasteiger partial charge in [-0.15, -0.1) is 13.2 Å². The summed E-state index contributed by atoms with van der Waals surface area (Å²) in [4.78, 5) is 26.0. The van der Waals surface area contributed by atoms with Gasteiger partial charge in [-0.25, -0.2) is 9.59 Å². The first kappa shape index (κ1) is 17.9. The molecule has 0 saturated carbocycles. The van der Waals surface area contributed by atoms with Crippen molar-refractivity contribution >= 4 is 23.7 Å². The standard InChI is InChI=1S/C13H11F3N4O5/c1-20-6-9(19-11(20)24-12(22)23)18-10(21)17-7-2-4-8(5-3-7)25-13(14,15)16/h2-6H,1H3,(H,22,23)(H2,17,18,21). The Bertz CT molecular complexity index is 773. The molecule has 2 amide bonds. The number of aromatic nitrogens is 2. The van der Waals surface area contributed by atoms with E-state index in [4.69, 9.17) is 5.11 Å². The van der Waals surface area contributed by atoms with E-state index < -0.39 is 24.3 Å². The summed E-state index contributed by atoms with van der Waals surface area (Å²) in [6.07, 6.45) is -5.06. The molecule has 3 N–H and O–H groups in total. The maximum Gasteiger partial charge on any atom is 0.573 e. The van der Waals surface area contributed by atoms with Gasteiger partial charge in [0.25, 0.3) is 0 Å². The van der Waals surface area contributed by atoms with Crippen LogP contribution in [0.3, 0.4) is 0 Å². The number of imidazole rings is 1. The highest BCUT2D eigenvalue weighted by molar-refractivity contribution is 5.99. The van der Waals surface area contributed by atoms with Crippen LogP contribution in [-0.2, 0) is 7.05 Å². The lowest BCUT2D eigenvalue weighted by molar-refractivity contribution is -0.274. The SMILES string of the molecule is Cn1cc(NC(=O)Nc2ccc(OC(F)(F)F)cc2)nc1OC(=O)O. The van der Waals surface area contributed by atoms with Crippen LogP contribution < -0.4 is 20.1 Å². The molecule has 0 radical (unpaired) electrons. The average molecular weight is 360 g/mol. The maximum atomic E-state index is 12.1. The van der Waals surface area contributed by atoms with Crippen LogP contribution in [0.1, 0.15) is 0 Å². The van der Waals surface area contributed by atoms with E-state index in [1.807, 2.05) is 0 Å². The number of rotatable bonds is 4. The predicted octanol–water partition coefficient (Wildman–Crippen LogP) is 3.02. The molecule has 0 unspecified atom stereocenters. The fourth-order valence-corrected chi connectivity index (χ4v) is 1.70. The van der Waals surface area contributed by atoms with Crippen molar-refractivity contribution in [3.8, 4) is 11.8 Å². The van der Waals surface area contributed by atoms with Crippen molar-refractivity contribution in [1.82, 2.24) is 9.55 Å².